The molecule has 0 atom stereocenters. The van der Waals surface area contributed by atoms with Crippen LogP contribution < -0.4 is 10.5 Å². The van der Waals surface area contributed by atoms with Gasteiger partial charge in [0.05, 0.1) is 12.3 Å². The molecule has 0 heterocycles. The van der Waals surface area contributed by atoms with Gasteiger partial charge in [0.15, 0.2) is 0 Å². The van der Waals surface area contributed by atoms with Crippen molar-refractivity contribution in [2.75, 3.05) is 12.3 Å². The number of anilines is 1. The lowest BCUT2D eigenvalue weighted by Gasteiger charge is -2.13. The highest BCUT2D eigenvalue weighted by Gasteiger charge is 2.10. The molecule has 2 aromatic rings. The second-order valence-corrected chi connectivity index (χ2v) is 6.08. The predicted molar refractivity (Wildman–Crippen MR) is 104 cm³/mol. The monoisotopic (exact) mass is 339 g/mol. The van der Waals surface area contributed by atoms with E-state index in [1.807, 2.05) is 19.1 Å². The Balaban J connectivity index is 2.44. The first-order chi connectivity index (χ1) is 11.9. The van der Waals surface area contributed by atoms with Gasteiger partial charge in [-0.05, 0) is 56.5 Å². The summed E-state index contributed by atoms with van der Waals surface area (Å²) in [7, 11) is 0. The Labute approximate surface area is 148 Å². The first kappa shape index (κ1) is 18.5. The Kier molecular flexibility index (Phi) is 6.12. The van der Waals surface area contributed by atoms with E-state index in [9.17, 15) is 10.2 Å². The van der Waals surface area contributed by atoms with Crippen molar-refractivity contribution in [1.82, 2.24) is 0 Å². The highest BCUT2D eigenvalue weighted by atomic mass is 16.5. The molecule has 0 unspecified atom stereocenters. The third kappa shape index (κ3) is 5.05. The second-order valence-electron chi connectivity index (χ2n) is 6.08. The topological polar surface area (TPSA) is 75.7 Å². The van der Waals surface area contributed by atoms with Crippen LogP contribution in [0.3, 0.4) is 0 Å². The summed E-state index contributed by atoms with van der Waals surface area (Å²) in [4.78, 5) is 0. The number of nitrogen functional groups attached to an aromatic ring is 1. The second kappa shape index (κ2) is 8.29. The van der Waals surface area contributed by atoms with Gasteiger partial charge in [0.25, 0.3) is 0 Å². The van der Waals surface area contributed by atoms with E-state index < -0.39 is 0 Å². The fourth-order valence-electron chi connectivity index (χ4n) is 2.47. The van der Waals surface area contributed by atoms with Crippen LogP contribution in [0.15, 0.2) is 42.0 Å². The van der Waals surface area contributed by atoms with E-state index in [2.05, 4.69) is 19.9 Å². The highest BCUT2D eigenvalue weighted by Crippen LogP contribution is 2.31. The zero-order valence-corrected chi connectivity index (χ0v) is 14.9. The van der Waals surface area contributed by atoms with Gasteiger partial charge in [0, 0.05) is 11.6 Å². The average molecular weight is 339 g/mol. The molecule has 0 fully saturated rings. The molecule has 0 aliphatic rings. The molecule has 0 aliphatic heterocycles. The third-order valence-electron chi connectivity index (χ3n) is 3.75. The van der Waals surface area contributed by atoms with Gasteiger partial charge >= 0.3 is 0 Å². The van der Waals surface area contributed by atoms with Crippen molar-refractivity contribution in [2.24, 2.45) is 0 Å². The summed E-state index contributed by atoms with van der Waals surface area (Å²) in [5.74, 6) is 0.913. The molecule has 0 amide bonds. The van der Waals surface area contributed by atoms with Crippen LogP contribution in [0.25, 0.3) is 12.2 Å². The van der Waals surface area contributed by atoms with Crippen LogP contribution in [0, 0.1) is 0 Å². The van der Waals surface area contributed by atoms with Crippen LogP contribution in [0.5, 0.6) is 17.2 Å². The molecule has 2 rings (SSSR count). The number of hydrogen-bond acceptors (Lipinski definition) is 4. The molecule has 0 radical (unpaired) electrons. The van der Waals surface area contributed by atoms with E-state index in [4.69, 9.17) is 10.5 Å². The van der Waals surface area contributed by atoms with Crippen molar-refractivity contribution in [1.29, 1.82) is 0 Å². The molecule has 25 heavy (non-hydrogen) atoms. The predicted octanol–water partition coefficient (Wildman–Crippen LogP) is 4.76. The quantitative estimate of drug-likeness (QED) is 0.307. The van der Waals surface area contributed by atoms with Gasteiger partial charge in [-0.1, -0.05) is 29.9 Å². The molecule has 4 nitrogen and oxygen atoms in total. The van der Waals surface area contributed by atoms with Gasteiger partial charge in [0.1, 0.15) is 17.2 Å². The number of ether oxygens (including phenoxy) is 1. The molecule has 4 heteroatoms. The Morgan fingerprint density at radius 1 is 1.12 bits per heavy atom. The van der Waals surface area contributed by atoms with Crippen molar-refractivity contribution >= 4 is 17.8 Å². The maximum Gasteiger partial charge on any atom is 0.138 e. The summed E-state index contributed by atoms with van der Waals surface area (Å²) < 4.78 is 5.70. The van der Waals surface area contributed by atoms with Crippen molar-refractivity contribution < 1.29 is 14.9 Å². The van der Waals surface area contributed by atoms with Crippen LogP contribution in [0.4, 0.5) is 5.69 Å². The van der Waals surface area contributed by atoms with Gasteiger partial charge in [0.2, 0.25) is 0 Å². The van der Waals surface area contributed by atoms with Crippen LogP contribution in [0.1, 0.15) is 37.5 Å². The molecule has 0 aliphatic carbocycles. The maximum absolute atomic E-state index is 10.0. The molecule has 132 valence electrons. The first-order valence-corrected chi connectivity index (χ1v) is 8.29. The zero-order chi connectivity index (χ0) is 18.4. The minimum Gasteiger partial charge on any atom is -0.508 e. The number of benzene rings is 2. The molecule has 2 aromatic carbocycles. The number of rotatable bonds is 6. The molecule has 4 N–H and O–H groups in total. The van der Waals surface area contributed by atoms with Crippen LogP contribution in [0.2, 0.25) is 0 Å². The summed E-state index contributed by atoms with van der Waals surface area (Å²) in [6, 6.07) is 8.41. The lowest BCUT2D eigenvalue weighted by atomic mass is 10.00. The molecule has 0 aromatic heterocycles. The van der Waals surface area contributed by atoms with E-state index in [1.165, 1.54) is 5.57 Å². The third-order valence-corrected chi connectivity index (χ3v) is 3.75. The summed E-state index contributed by atoms with van der Waals surface area (Å²) in [5, 5.41) is 19.5. The van der Waals surface area contributed by atoms with Crippen LogP contribution >= 0.6 is 0 Å². The Hall–Kier alpha value is -2.88. The summed E-state index contributed by atoms with van der Waals surface area (Å²) in [5.41, 5.74) is 10.1. The number of allylic oxidation sites excluding steroid dienone is 2. The molecule has 0 bridgehead atoms. The minimum absolute atomic E-state index is 0.0670. The minimum atomic E-state index is 0.0670. The van der Waals surface area contributed by atoms with Gasteiger partial charge in [-0.15, -0.1) is 0 Å². The number of phenols is 2. The van der Waals surface area contributed by atoms with E-state index in [-0.39, 0.29) is 11.5 Å². The van der Waals surface area contributed by atoms with E-state index in [1.54, 1.807) is 30.3 Å². The summed E-state index contributed by atoms with van der Waals surface area (Å²) >= 11 is 0. The fraction of sp³-hybridized carbons (Fsp3) is 0.238. The molecule has 0 spiro atoms. The van der Waals surface area contributed by atoms with Crippen molar-refractivity contribution in [3.05, 3.63) is 58.7 Å². The average Bonchev–Trinajstić information content (AvgIpc) is 2.55. The van der Waals surface area contributed by atoms with E-state index in [0.29, 0.717) is 18.0 Å². The largest absolute Gasteiger partial charge is 0.508 e. The molecule has 0 saturated heterocycles. The lowest BCUT2D eigenvalue weighted by molar-refractivity contribution is 0.334. The molecule has 0 saturated carbocycles. The number of phenolic OH excluding ortho intramolecular Hbond substituents is 2. The smallest absolute Gasteiger partial charge is 0.138 e. The summed E-state index contributed by atoms with van der Waals surface area (Å²) in [6.07, 6.45) is 6.66. The standard InChI is InChI=1S/C21H25NO3/c1-4-25-21-13-17(23)12-16(18(21)9-5-14(2)3)8-6-15-7-10-20(24)19(22)11-15/h5-8,10-13,23-24H,4,9,22H2,1-3H3/b8-6+. The van der Waals surface area contributed by atoms with Crippen molar-refractivity contribution in [3.63, 3.8) is 0 Å². The number of hydrogen-bond donors (Lipinski definition) is 3. The maximum atomic E-state index is 10.0. The zero-order valence-electron chi connectivity index (χ0n) is 14.9. The SMILES string of the molecule is CCOc1cc(O)cc(/C=C/c2ccc(O)c(N)c2)c1CC=C(C)C. The Morgan fingerprint density at radius 2 is 1.88 bits per heavy atom. The van der Waals surface area contributed by atoms with Gasteiger partial charge in [-0.3, -0.25) is 0 Å². The van der Waals surface area contributed by atoms with Crippen LogP contribution in [-0.4, -0.2) is 16.8 Å². The molecular weight excluding hydrogens is 314 g/mol. The van der Waals surface area contributed by atoms with E-state index >= 15 is 0 Å². The number of nitrogens with two attached hydrogens (primary N) is 1. The highest BCUT2D eigenvalue weighted by molar-refractivity contribution is 5.75. The van der Waals surface area contributed by atoms with Gasteiger partial charge in [-0.25, -0.2) is 0 Å². The first-order valence-electron chi connectivity index (χ1n) is 8.29. The lowest BCUT2D eigenvalue weighted by Crippen LogP contribution is -1.98. The molecular formula is C21H25NO3. The van der Waals surface area contributed by atoms with E-state index in [0.717, 1.165) is 23.1 Å². The Bertz CT molecular complexity index is 803. The van der Waals surface area contributed by atoms with Crippen LogP contribution in [-0.2, 0) is 6.42 Å². The van der Waals surface area contributed by atoms with Gasteiger partial charge in [-0.2, -0.15) is 0 Å². The number of aromatic hydroxyl groups is 2. The van der Waals surface area contributed by atoms with Crippen molar-refractivity contribution in [2.45, 2.75) is 27.2 Å². The summed E-state index contributed by atoms with van der Waals surface area (Å²) in [6.45, 7) is 6.55. The van der Waals surface area contributed by atoms with Crippen molar-refractivity contribution in [3.8, 4) is 17.2 Å². The Morgan fingerprint density at radius 3 is 2.52 bits per heavy atom. The normalized spacial score (nSPS) is 10.8. The van der Waals surface area contributed by atoms with Gasteiger partial charge < -0.3 is 20.7 Å². The fourth-order valence-corrected chi connectivity index (χ4v) is 2.47.